The van der Waals surface area contributed by atoms with Crippen LogP contribution in [0, 0.1) is 5.82 Å². The summed E-state index contributed by atoms with van der Waals surface area (Å²) in [5, 5.41) is 9.86. The van der Waals surface area contributed by atoms with Crippen LogP contribution in [0.15, 0.2) is 60.7 Å². The fraction of sp³-hybridized carbons (Fsp3) is 0.200. The second kappa shape index (κ2) is 9.87. The van der Waals surface area contributed by atoms with Crippen LogP contribution < -0.4 is 14.4 Å². The Bertz CT molecular complexity index is 1270. The van der Waals surface area contributed by atoms with Gasteiger partial charge < -0.3 is 19.5 Å². The lowest BCUT2D eigenvalue weighted by Gasteiger charge is -2.23. The highest BCUT2D eigenvalue weighted by atomic mass is 32.1. The zero-order valence-electron chi connectivity index (χ0n) is 18.2. The summed E-state index contributed by atoms with van der Waals surface area (Å²) in [6, 6.07) is 17.3. The van der Waals surface area contributed by atoms with E-state index in [-0.39, 0.29) is 11.4 Å². The number of benzene rings is 3. The van der Waals surface area contributed by atoms with Gasteiger partial charge in [-0.15, -0.1) is 0 Å². The molecule has 0 unspecified atom stereocenters. The number of carbonyl (C=O) groups is 1. The fourth-order valence-corrected chi connectivity index (χ4v) is 4.56. The molecule has 4 aromatic rings. The largest absolute Gasteiger partial charge is 0.497 e. The number of carboxylic acids is 1. The van der Waals surface area contributed by atoms with Crippen molar-refractivity contribution in [1.29, 1.82) is 0 Å². The maximum Gasteiger partial charge on any atom is 0.335 e. The summed E-state index contributed by atoms with van der Waals surface area (Å²) in [4.78, 5) is 17.9. The van der Waals surface area contributed by atoms with Gasteiger partial charge in [-0.05, 0) is 47.9 Å². The Hall–Kier alpha value is -3.65. The van der Waals surface area contributed by atoms with E-state index in [0.29, 0.717) is 40.6 Å². The summed E-state index contributed by atoms with van der Waals surface area (Å²) in [7, 11) is 3.23. The molecule has 1 heterocycles. The number of fused-ring (bicyclic) bond motifs is 1. The first-order valence-corrected chi connectivity index (χ1v) is 11.1. The minimum atomic E-state index is -0.966. The van der Waals surface area contributed by atoms with Gasteiger partial charge in [0.15, 0.2) is 5.13 Å². The molecule has 0 aliphatic rings. The second-order valence-corrected chi connectivity index (χ2v) is 8.41. The lowest BCUT2D eigenvalue weighted by Crippen LogP contribution is -2.25. The number of rotatable bonds is 9. The molecule has 0 saturated heterocycles. The molecular formula is C25H23FN2O4S. The summed E-state index contributed by atoms with van der Waals surface area (Å²) in [6.07, 6.45) is 0.665. The number of aromatic nitrogens is 1. The molecule has 0 bridgehead atoms. The van der Waals surface area contributed by atoms with E-state index in [1.54, 1.807) is 50.6 Å². The molecule has 33 heavy (non-hydrogen) atoms. The van der Waals surface area contributed by atoms with Crippen LogP contribution in [0.3, 0.4) is 0 Å². The average molecular weight is 467 g/mol. The van der Waals surface area contributed by atoms with Gasteiger partial charge in [0, 0.05) is 19.2 Å². The zero-order valence-corrected chi connectivity index (χ0v) is 19.1. The Kier molecular flexibility index (Phi) is 6.74. The van der Waals surface area contributed by atoms with Crippen molar-refractivity contribution in [3.05, 3.63) is 83.2 Å². The maximum absolute atomic E-state index is 14.3. The summed E-state index contributed by atoms with van der Waals surface area (Å²) in [5.41, 5.74) is 2.79. The van der Waals surface area contributed by atoms with Crippen LogP contribution in [0.2, 0.25) is 0 Å². The smallest absolute Gasteiger partial charge is 0.335 e. The van der Waals surface area contributed by atoms with Gasteiger partial charge in [-0.1, -0.05) is 35.6 Å². The molecule has 0 radical (unpaired) electrons. The van der Waals surface area contributed by atoms with Crippen molar-refractivity contribution < 1.29 is 23.8 Å². The molecule has 6 nitrogen and oxygen atoms in total. The number of nitrogens with zero attached hydrogens (tertiary/aromatic N) is 2. The number of aromatic carboxylic acids is 1. The molecule has 0 aliphatic heterocycles. The topological polar surface area (TPSA) is 71.9 Å². The highest BCUT2D eigenvalue weighted by Crippen LogP contribution is 2.32. The van der Waals surface area contributed by atoms with Crippen LogP contribution in [-0.2, 0) is 13.0 Å². The van der Waals surface area contributed by atoms with Crippen molar-refractivity contribution >= 4 is 32.7 Å². The van der Waals surface area contributed by atoms with Crippen molar-refractivity contribution in [3.63, 3.8) is 0 Å². The number of anilines is 1. The van der Waals surface area contributed by atoms with Crippen LogP contribution in [0.25, 0.3) is 10.2 Å². The van der Waals surface area contributed by atoms with Crippen molar-refractivity contribution in [2.75, 3.05) is 25.7 Å². The highest BCUT2D eigenvalue weighted by Gasteiger charge is 2.17. The minimum absolute atomic E-state index is 0.232. The summed E-state index contributed by atoms with van der Waals surface area (Å²) in [5.74, 6) is 0.188. The van der Waals surface area contributed by atoms with E-state index in [1.807, 2.05) is 18.2 Å². The van der Waals surface area contributed by atoms with Gasteiger partial charge in [0.05, 0.1) is 30.0 Å². The van der Waals surface area contributed by atoms with E-state index in [2.05, 4.69) is 9.88 Å². The minimum Gasteiger partial charge on any atom is -0.497 e. The van der Waals surface area contributed by atoms with Crippen LogP contribution in [-0.4, -0.2) is 36.8 Å². The third-order valence-corrected chi connectivity index (χ3v) is 6.49. The van der Waals surface area contributed by atoms with Gasteiger partial charge in [-0.3, -0.25) is 0 Å². The molecule has 1 aromatic heterocycles. The number of carboxylic acid groups (broad SMARTS) is 1. The van der Waals surface area contributed by atoms with Crippen LogP contribution in [0.5, 0.6) is 11.5 Å². The third kappa shape index (κ3) is 5.06. The normalized spacial score (nSPS) is 10.9. The van der Waals surface area contributed by atoms with E-state index < -0.39 is 5.97 Å². The predicted octanol–water partition coefficient (Wildman–Crippen LogP) is 5.40. The van der Waals surface area contributed by atoms with Gasteiger partial charge >= 0.3 is 5.97 Å². The molecule has 0 spiro atoms. The van der Waals surface area contributed by atoms with Crippen molar-refractivity contribution in [3.8, 4) is 11.5 Å². The predicted molar refractivity (Wildman–Crippen MR) is 127 cm³/mol. The standard InChI is InChI=1S/C25H23FN2O4S/c1-31-19-11-10-17(22(14-19)32-2)12-13-28(15-16-6-8-18(9-7-16)24(29)30)25-27-21-5-3-4-20(26)23(21)33-25/h3-11,14H,12-13,15H2,1-2H3,(H,29,30). The number of ether oxygens (including phenoxy) is 2. The first-order chi connectivity index (χ1) is 16.0. The molecule has 0 fully saturated rings. The Balaban J connectivity index is 1.63. The molecule has 0 aliphatic carbocycles. The Morgan fingerprint density at radius 3 is 2.55 bits per heavy atom. The molecule has 170 valence electrons. The lowest BCUT2D eigenvalue weighted by atomic mass is 10.1. The second-order valence-electron chi connectivity index (χ2n) is 7.44. The quantitative estimate of drug-likeness (QED) is 0.356. The van der Waals surface area contributed by atoms with Crippen LogP contribution in [0.4, 0.5) is 9.52 Å². The lowest BCUT2D eigenvalue weighted by molar-refractivity contribution is 0.0697. The molecule has 0 atom stereocenters. The van der Waals surface area contributed by atoms with Crippen molar-refractivity contribution in [1.82, 2.24) is 4.98 Å². The molecule has 8 heteroatoms. The Morgan fingerprint density at radius 1 is 1.09 bits per heavy atom. The van der Waals surface area contributed by atoms with Crippen LogP contribution >= 0.6 is 11.3 Å². The molecule has 4 rings (SSSR count). The molecule has 0 amide bonds. The molecular weight excluding hydrogens is 443 g/mol. The van der Waals surface area contributed by atoms with Crippen molar-refractivity contribution in [2.45, 2.75) is 13.0 Å². The Labute approximate surface area is 194 Å². The SMILES string of the molecule is COc1ccc(CCN(Cc2ccc(C(=O)O)cc2)c2nc3cccc(F)c3s2)c(OC)c1. The van der Waals surface area contributed by atoms with E-state index in [0.717, 1.165) is 16.9 Å². The summed E-state index contributed by atoms with van der Waals surface area (Å²) >= 11 is 1.30. The maximum atomic E-state index is 14.3. The molecule has 3 aromatic carbocycles. The zero-order chi connectivity index (χ0) is 23.4. The fourth-order valence-electron chi connectivity index (χ4n) is 3.57. The van der Waals surface area contributed by atoms with Gasteiger partial charge in [0.25, 0.3) is 0 Å². The van der Waals surface area contributed by atoms with E-state index >= 15 is 0 Å². The first kappa shape index (κ1) is 22.5. The third-order valence-electron chi connectivity index (χ3n) is 5.35. The number of thiazole rings is 1. The van der Waals surface area contributed by atoms with E-state index in [1.165, 1.54) is 17.4 Å². The van der Waals surface area contributed by atoms with E-state index in [4.69, 9.17) is 14.6 Å². The Morgan fingerprint density at radius 2 is 1.88 bits per heavy atom. The number of hydrogen-bond donors (Lipinski definition) is 1. The first-order valence-electron chi connectivity index (χ1n) is 10.3. The summed E-state index contributed by atoms with van der Waals surface area (Å²) < 4.78 is 25.6. The highest BCUT2D eigenvalue weighted by molar-refractivity contribution is 7.22. The van der Waals surface area contributed by atoms with Gasteiger partial charge in [0.1, 0.15) is 17.3 Å². The number of halogens is 1. The van der Waals surface area contributed by atoms with Gasteiger partial charge in [-0.2, -0.15) is 0 Å². The number of methoxy groups -OCH3 is 2. The average Bonchev–Trinajstić information content (AvgIpc) is 3.27. The number of hydrogen-bond acceptors (Lipinski definition) is 6. The summed E-state index contributed by atoms with van der Waals surface area (Å²) in [6.45, 7) is 1.10. The van der Waals surface area contributed by atoms with Gasteiger partial charge in [-0.25, -0.2) is 14.2 Å². The molecule has 1 N–H and O–H groups in total. The van der Waals surface area contributed by atoms with Crippen LogP contribution in [0.1, 0.15) is 21.5 Å². The van der Waals surface area contributed by atoms with E-state index in [9.17, 15) is 9.18 Å². The van der Waals surface area contributed by atoms with Gasteiger partial charge in [0.2, 0.25) is 0 Å². The monoisotopic (exact) mass is 466 g/mol. The molecule has 0 saturated carbocycles. The van der Waals surface area contributed by atoms with Crippen molar-refractivity contribution in [2.24, 2.45) is 0 Å².